The highest BCUT2D eigenvalue weighted by atomic mass is 15.1. The molecule has 262 valence electrons. The highest BCUT2D eigenvalue weighted by molar-refractivity contribution is 5.92. The Morgan fingerprint density at radius 1 is 0.222 bits per heavy atom. The van der Waals surface area contributed by atoms with Crippen LogP contribution in [0.1, 0.15) is 22.3 Å². The van der Waals surface area contributed by atoms with Gasteiger partial charge in [-0.15, -0.1) is 0 Å². The summed E-state index contributed by atoms with van der Waals surface area (Å²) in [7, 11) is 0. The lowest BCUT2D eigenvalue weighted by atomic mass is 9.89. The monoisotopic (exact) mass is 696 g/mol. The summed E-state index contributed by atoms with van der Waals surface area (Å²) in [5.74, 6) is 0. The van der Waals surface area contributed by atoms with E-state index in [1.807, 2.05) is 0 Å². The van der Waals surface area contributed by atoms with E-state index in [1.165, 1.54) is 55.6 Å². The minimum atomic E-state index is 1.12. The molecule has 0 heterocycles. The van der Waals surface area contributed by atoms with Gasteiger partial charge in [0, 0.05) is 34.1 Å². The van der Waals surface area contributed by atoms with Crippen LogP contribution in [-0.2, 0) is 0 Å². The van der Waals surface area contributed by atoms with Gasteiger partial charge in [-0.1, -0.05) is 144 Å². The Hall–Kier alpha value is -6.64. The summed E-state index contributed by atoms with van der Waals surface area (Å²) in [6.45, 7) is 8.52. The van der Waals surface area contributed by atoms with E-state index in [0.29, 0.717) is 0 Å². The first-order valence-corrected chi connectivity index (χ1v) is 18.7. The van der Waals surface area contributed by atoms with Crippen molar-refractivity contribution in [2.45, 2.75) is 27.7 Å². The molecule has 0 radical (unpaired) electrons. The number of aryl methyl sites for hydroxylation is 4. The summed E-state index contributed by atoms with van der Waals surface area (Å²) >= 11 is 0. The molecule has 2 heteroatoms. The Kier molecular flexibility index (Phi) is 9.66. The van der Waals surface area contributed by atoms with Crippen molar-refractivity contribution in [2.24, 2.45) is 0 Å². The molecule has 0 amide bonds. The van der Waals surface area contributed by atoms with Crippen LogP contribution in [0.15, 0.2) is 194 Å². The second kappa shape index (κ2) is 15.1. The molecule has 54 heavy (non-hydrogen) atoms. The summed E-state index contributed by atoms with van der Waals surface area (Å²) in [6, 6.07) is 70.5. The predicted molar refractivity (Wildman–Crippen MR) is 231 cm³/mol. The number of hydrogen-bond donors (Lipinski definition) is 0. The van der Waals surface area contributed by atoms with Gasteiger partial charge in [-0.05, 0) is 134 Å². The largest absolute Gasteiger partial charge is 0.311 e. The molecule has 0 aliphatic rings. The molecule has 8 rings (SSSR count). The van der Waals surface area contributed by atoms with Crippen LogP contribution in [0.3, 0.4) is 0 Å². The summed E-state index contributed by atoms with van der Waals surface area (Å²) < 4.78 is 0. The van der Waals surface area contributed by atoms with Gasteiger partial charge in [-0.25, -0.2) is 0 Å². The molecule has 0 aromatic heterocycles. The van der Waals surface area contributed by atoms with E-state index in [2.05, 4.69) is 232 Å². The van der Waals surface area contributed by atoms with Gasteiger partial charge in [-0.3, -0.25) is 0 Å². The molecule has 0 bridgehead atoms. The molecule has 0 aliphatic carbocycles. The Bertz CT molecular complexity index is 2210. The molecule has 0 unspecified atom stereocenters. The van der Waals surface area contributed by atoms with Crippen LogP contribution in [0.25, 0.3) is 33.4 Å². The Morgan fingerprint density at radius 3 is 0.667 bits per heavy atom. The standard InChI is InChI=1S/C52H44N2/c1-37-13-25-43(26-14-37)53(44-27-15-38(2)16-28-44)47-33-21-41(22-34-47)49-9-5-7-11-51(49)52-12-8-6-10-50(52)42-23-35-48(36-24-42)54(45-29-17-39(3)18-30-45)46-31-19-40(4)20-32-46/h5-36H,1-4H3. The Labute approximate surface area is 320 Å². The highest BCUT2D eigenvalue weighted by Gasteiger charge is 2.17. The third kappa shape index (κ3) is 7.20. The minimum absolute atomic E-state index is 1.12. The molecule has 0 spiro atoms. The van der Waals surface area contributed by atoms with E-state index in [9.17, 15) is 0 Å². The number of hydrogen-bond acceptors (Lipinski definition) is 2. The molecular weight excluding hydrogens is 653 g/mol. The lowest BCUT2D eigenvalue weighted by molar-refractivity contribution is 1.27. The summed E-state index contributed by atoms with van der Waals surface area (Å²) in [5, 5.41) is 0. The molecule has 8 aromatic rings. The van der Waals surface area contributed by atoms with Gasteiger partial charge in [-0.2, -0.15) is 0 Å². The minimum Gasteiger partial charge on any atom is -0.311 e. The third-order valence-electron chi connectivity index (χ3n) is 10.2. The molecule has 0 fully saturated rings. The van der Waals surface area contributed by atoms with Crippen LogP contribution in [0, 0.1) is 27.7 Å². The SMILES string of the molecule is Cc1ccc(N(c2ccc(C)cc2)c2ccc(-c3ccccc3-c3ccccc3-c3ccc(N(c4ccc(C)cc4)c4ccc(C)cc4)cc3)cc2)cc1. The van der Waals surface area contributed by atoms with Crippen molar-refractivity contribution in [3.8, 4) is 33.4 Å². The van der Waals surface area contributed by atoms with E-state index >= 15 is 0 Å². The Morgan fingerprint density at radius 2 is 0.426 bits per heavy atom. The zero-order valence-corrected chi connectivity index (χ0v) is 31.4. The number of benzene rings is 8. The maximum absolute atomic E-state index is 2.33. The van der Waals surface area contributed by atoms with Crippen molar-refractivity contribution in [3.63, 3.8) is 0 Å². The third-order valence-corrected chi connectivity index (χ3v) is 10.2. The first-order chi connectivity index (χ1) is 26.4. The van der Waals surface area contributed by atoms with Crippen molar-refractivity contribution >= 4 is 34.1 Å². The molecule has 2 nitrogen and oxygen atoms in total. The van der Waals surface area contributed by atoms with E-state index in [0.717, 1.165) is 34.1 Å². The first-order valence-electron chi connectivity index (χ1n) is 18.7. The van der Waals surface area contributed by atoms with Crippen LogP contribution >= 0.6 is 0 Å². The van der Waals surface area contributed by atoms with Gasteiger partial charge >= 0.3 is 0 Å². The number of nitrogens with zero attached hydrogens (tertiary/aromatic N) is 2. The fourth-order valence-electron chi connectivity index (χ4n) is 7.19. The average Bonchev–Trinajstić information content (AvgIpc) is 3.21. The van der Waals surface area contributed by atoms with Gasteiger partial charge < -0.3 is 9.80 Å². The Balaban J connectivity index is 1.14. The maximum Gasteiger partial charge on any atom is 0.0462 e. The van der Waals surface area contributed by atoms with Crippen molar-refractivity contribution in [3.05, 3.63) is 216 Å². The fourth-order valence-corrected chi connectivity index (χ4v) is 7.19. The van der Waals surface area contributed by atoms with Crippen molar-refractivity contribution < 1.29 is 0 Å². The second-order valence-electron chi connectivity index (χ2n) is 14.2. The second-order valence-corrected chi connectivity index (χ2v) is 14.2. The maximum atomic E-state index is 2.33. The van der Waals surface area contributed by atoms with E-state index in [-0.39, 0.29) is 0 Å². The predicted octanol–water partition coefficient (Wildman–Crippen LogP) is 14.9. The van der Waals surface area contributed by atoms with Crippen LogP contribution < -0.4 is 9.80 Å². The van der Waals surface area contributed by atoms with E-state index < -0.39 is 0 Å². The van der Waals surface area contributed by atoms with E-state index in [1.54, 1.807) is 0 Å². The van der Waals surface area contributed by atoms with Crippen LogP contribution in [0.4, 0.5) is 34.1 Å². The fraction of sp³-hybridized carbons (Fsp3) is 0.0769. The lowest BCUT2D eigenvalue weighted by Gasteiger charge is -2.26. The molecule has 0 aliphatic heterocycles. The van der Waals surface area contributed by atoms with Gasteiger partial charge in [0.25, 0.3) is 0 Å². The molecular formula is C52H44N2. The van der Waals surface area contributed by atoms with Gasteiger partial charge in [0.15, 0.2) is 0 Å². The normalized spacial score (nSPS) is 11.0. The molecule has 0 saturated heterocycles. The molecule has 8 aromatic carbocycles. The quantitative estimate of drug-likeness (QED) is 0.148. The summed E-state index contributed by atoms with van der Waals surface area (Å²) in [5.41, 5.74) is 19.0. The van der Waals surface area contributed by atoms with Gasteiger partial charge in [0.05, 0.1) is 0 Å². The van der Waals surface area contributed by atoms with Crippen molar-refractivity contribution in [1.29, 1.82) is 0 Å². The molecule has 0 saturated carbocycles. The van der Waals surface area contributed by atoms with Crippen molar-refractivity contribution in [1.82, 2.24) is 0 Å². The zero-order valence-electron chi connectivity index (χ0n) is 31.4. The number of anilines is 6. The number of rotatable bonds is 9. The first kappa shape index (κ1) is 34.4. The average molecular weight is 697 g/mol. The van der Waals surface area contributed by atoms with Gasteiger partial charge in [0.2, 0.25) is 0 Å². The van der Waals surface area contributed by atoms with E-state index in [4.69, 9.17) is 0 Å². The topological polar surface area (TPSA) is 6.48 Å². The van der Waals surface area contributed by atoms with Crippen LogP contribution in [0.2, 0.25) is 0 Å². The van der Waals surface area contributed by atoms with Crippen LogP contribution in [-0.4, -0.2) is 0 Å². The lowest BCUT2D eigenvalue weighted by Crippen LogP contribution is -2.09. The summed E-state index contributed by atoms with van der Waals surface area (Å²) in [6.07, 6.45) is 0. The van der Waals surface area contributed by atoms with Gasteiger partial charge in [0.1, 0.15) is 0 Å². The smallest absolute Gasteiger partial charge is 0.0462 e. The van der Waals surface area contributed by atoms with Crippen LogP contribution in [0.5, 0.6) is 0 Å². The van der Waals surface area contributed by atoms with Crippen molar-refractivity contribution in [2.75, 3.05) is 9.80 Å². The zero-order chi connectivity index (χ0) is 37.0. The molecule has 0 atom stereocenters. The summed E-state index contributed by atoms with van der Waals surface area (Å²) in [4.78, 5) is 4.65. The molecule has 0 N–H and O–H groups in total. The highest BCUT2D eigenvalue weighted by Crippen LogP contribution is 2.42.